The summed E-state index contributed by atoms with van der Waals surface area (Å²) in [5.74, 6) is -0.0304. The molecule has 0 bridgehead atoms. The Labute approximate surface area is 165 Å². The predicted octanol–water partition coefficient (Wildman–Crippen LogP) is 5.24. The quantitative estimate of drug-likeness (QED) is 0.577. The Kier molecular flexibility index (Phi) is 6.58. The van der Waals surface area contributed by atoms with Gasteiger partial charge in [-0.3, -0.25) is 4.79 Å². The van der Waals surface area contributed by atoms with Crippen molar-refractivity contribution >= 4 is 11.9 Å². The van der Waals surface area contributed by atoms with Crippen LogP contribution in [0.1, 0.15) is 39.5 Å². The lowest BCUT2D eigenvalue weighted by atomic mass is 9.97. The van der Waals surface area contributed by atoms with Crippen LogP contribution in [0.15, 0.2) is 84.9 Å². The van der Waals surface area contributed by atoms with Crippen molar-refractivity contribution in [3.63, 3.8) is 0 Å². The first-order valence-corrected chi connectivity index (χ1v) is 9.24. The fraction of sp³-hybridized carbons (Fsp3) is 0.167. The maximum Gasteiger partial charge on any atom is 0.407 e. The van der Waals surface area contributed by atoms with Gasteiger partial charge in [0.1, 0.15) is 6.61 Å². The van der Waals surface area contributed by atoms with E-state index in [1.54, 1.807) is 0 Å². The molecule has 1 unspecified atom stereocenters. The van der Waals surface area contributed by atoms with Gasteiger partial charge < -0.3 is 10.1 Å². The molecule has 0 heterocycles. The van der Waals surface area contributed by atoms with Gasteiger partial charge in [0.2, 0.25) is 0 Å². The number of rotatable bonds is 7. The van der Waals surface area contributed by atoms with Crippen LogP contribution in [0.2, 0.25) is 0 Å². The second-order valence-corrected chi connectivity index (χ2v) is 6.66. The minimum absolute atomic E-state index is 0.0304. The third kappa shape index (κ3) is 5.55. The average Bonchev–Trinajstić information content (AvgIpc) is 2.73. The first-order chi connectivity index (χ1) is 13.6. The minimum atomic E-state index is -0.547. The molecule has 28 heavy (non-hydrogen) atoms. The van der Waals surface area contributed by atoms with Crippen molar-refractivity contribution in [1.29, 1.82) is 0 Å². The zero-order valence-electron chi connectivity index (χ0n) is 15.8. The van der Waals surface area contributed by atoms with Gasteiger partial charge in [-0.25, -0.2) is 4.79 Å². The van der Waals surface area contributed by atoms with Crippen molar-refractivity contribution in [3.05, 3.63) is 107 Å². The molecule has 0 saturated carbocycles. The van der Waals surface area contributed by atoms with Crippen LogP contribution < -0.4 is 5.32 Å². The van der Waals surface area contributed by atoms with Crippen LogP contribution in [0.4, 0.5) is 4.79 Å². The minimum Gasteiger partial charge on any atom is -0.445 e. The Morgan fingerprint density at radius 1 is 0.857 bits per heavy atom. The van der Waals surface area contributed by atoms with Crippen LogP contribution in [0.3, 0.4) is 0 Å². The van der Waals surface area contributed by atoms with Gasteiger partial charge in [0.15, 0.2) is 5.78 Å². The first-order valence-electron chi connectivity index (χ1n) is 9.24. The molecule has 0 aliphatic heterocycles. The number of alkyl carbamates (subject to hydrolysis) is 1. The number of benzene rings is 3. The van der Waals surface area contributed by atoms with Crippen molar-refractivity contribution in [2.24, 2.45) is 0 Å². The van der Waals surface area contributed by atoms with Crippen LogP contribution in [-0.4, -0.2) is 11.9 Å². The highest BCUT2D eigenvalue weighted by molar-refractivity contribution is 5.96. The smallest absolute Gasteiger partial charge is 0.407 e. The molecule has 0 aliphatic rings. The predicted molar refractivity (Wildman–Crippen MR) is 109 cm³/mol. The van der Waals surface area contributed by atoms with E-state index in [0.717, 1.165) is 16.7 Å². The van der Waals surface area contributed by atoms with Crippen molar-refractivity contribution in [2.45, 2.75) is 26.0 Å². The van der Waals surface area contributed by atoms with Crippen LogP contribution in [-0.2, 0) is 11.3 Å². The summed E-state index contributed by atoms with van der Waals surface area (Å²) in [6.45, 7) is 2.16. The molecule has 1 N–H and O–H groups in total. The van der Waals surface area contributed by atoms with Gasteiger partial charge in [-0.05, 0) is 18.1 Å². The van der Waals surface area contributed by atoms with E-state index < -0.39 is 12.1 Å². The largest absolute Gasteiger partial charge is 0.445 e. The van der Waals surface area contributed by atoms with E-state index in [2.05, 4.69) is 5.32 Å². The number of aryl methyl sites for hydroxylation is 1. The summed E-state index contributed by atoms with van der Waals surface area (Å²) in [5.41, 5.74) is 3.49. The van der Waals surface area contributed by atoms with Gasteiger partial charge in [-0.1, -0.05) is 90.5 Å². The molecule has 3 rings (SSSR count). The molecule has 1 amide bonds. The molecule has 0 saturated heterocycles. The second kappa shape index (κ2) is 9.51. The van der Waals surface area contributed by atoms with E-state index in [4.69, 9.17) is 4.74 Å². The molecule has 0 aliphatic carbocycles. The molecular formula is C24H23NO3. The number of hydrogen-bond donors (Lipinski definition) is 1. The van der Waals surface area contributed by atoms with Crippen LogP contribution >= 0.6 is 0 Å². The standard InChI is InChI=1S/C24H23NO3/c1-18-12-14-21(15-13-18)23(26)16-22(20-10-6-3-7-11-20)25-24(27)28-17-19-8-4-2-5-9-19/h2-15,22H,16-17H2,1H3,(H,25,27). The first kappa shape index (κ1) is 19.4. The summed E-state index contributed by atoms with van der Waals surface area (Å²) in [6, 6.07) is 25.9. The molecular weight excluding hydrogens is 350 g/mol. The lowest BCUT2D eigenvalue weighted by molar-refractivity contribution is 0.0963. The lowest BCUT2D eigenvalue weighted by Gasteiger charge is -2.19. The number of ether oxygens (including phenoxy) is 1. The molecule has 3 aromatic rings. The maximum absolute atomic E-state index is 12.7. The number of hydrogen-bond acceptors (Lipinski definition) is 3. The Bertz CT molecular complexity index is 906. The van der Waals surface area contributed by atoms with Crippen molar-refractivity contribution in [1.82, 2.24) is 5.32 Å². The number of Topliss-reactive ketones (excluding diaryl/α,β-unsaturated/α-hetero) is 1. The maximum atomic E-state index is 12.7. The van der Waals surface area contributed by atoms with Crippen LogP contribution in [0.5, 0.6) is 0 Å². The Morgan fingerprint density at radius 2 is 1.46 bits per heavy atom. The third-order valence-electron chi connectivity index (χ3n) is 4.47. The Balaban J connectivity index is 1.67. The molecule has 0 aromatic heterocycles. The Morgan fingerprint density at radius 3 is 2.11 bits per heavy atom. The number of amides is 1. The summed E-state index contributed by atoms with van der Waals surface area (Å²) in [6.07, 6.45) is -0.387. The molecule has 3 aromatic carbocycles. The highest BCUT2D eigenvalue weighted by Gasteiger charge is 2.20. The van der Waals surface area contributed by atoms with Crippen LogP contribution in [0, 0.1) is 6.92 Å². The molecule has 0 fully saturated rings. The molecule has 0 radical (unpaired) electrons. The second-order valence-electron chi connectivity index (χ2n) is 6.66. The van der Waals surface area contributed by atoms with Crippen LogP contribution in [0.25, 0.3) is 0 Å². The number of carbonyl (C=O) groups excluding carboxylic acids is 2. The van der Waals surface area contributed by atoms with Gasteiger partial charge >= 0.3 is 6.09 Å². The number of carbonyl (C=O) groups is 2. The van der Waals surface area contributed by atoms with Crippen molar-refractivity contribution in [3.8, 4) is 0 Å². The summed E-state index contributed by atoms with van der Waals surface area (Å²) < 4.78 is 5.32. The number of nitrogens with one attached hydrogen (secondary N) is 1. The van der Waals surface area contributed by atoms with E-state index in [-0.39, 0.29) is 18.8 Å². The topological polar surface area (TPSA) is 55.4 Å². The summed E-state index contributed by atoms with van der Waals surface area (Å²) in [4.78, 5) is 25.0. The van der Waals surface area contributed by atoms with Gasteiger partial charge in [0.05, 0.1) is 6.04 Å². The van der Waals surface area contributed by atoms with Crippen molar-refractivity contribution < 1.29 is 14.3 Å². The number of ketones is 1. The summed E-state index contributed by atoms with van der Waals surface area (Å²) in [7, 11) is 0. The van der Waals surface area contributed by atoms with Gasteiger partial charge in [-0.15, -0.1) is 0 Å². The highest BCUT2D eigenvalue weighted by Crippen LogP contribution is 2.20. The van der Waals surface area contributed by atoms with E-state index in [1.807, 2.05) is 91.9 Å². The normalized spacial score (nSPS) is 11.5. The SMILES string of the molecule is Cc1ccc(C(=O)CC(NC(=O)OCc2ccccc2)c2ccccc2)cc1. The van der Waals surface area contributed by atoms with E-state index >= 15 is 0 Å². The van der Waals surface area contributed by atoms with E-state index in [9.17, 15) is 9.59 Å². The third-order valence-corrected chi connectivity index (χ3v) is 4.47. The van der Waals surface area contributed by atoms with E-state index in [0.29, 0.717) is 5.56 Å². The Hall–Kier alpha value is -3.40. The van der Waals surface area contributed by atoms with Crippen molar-refractivity contribution in [2.75, 3.05) is 0 Å². The highest BCUT2D eigenvalue weighted by atomic mass is 16.5. The lowest BCUT2D eigenvalue weighted by Crippen LogP contribution is -2.30. The fourth-order valence-electron chi connectivity index (χ4n) is 2.89. The van der Waals surface area contributed by atoms with Gasteiger partial charge in [0, 0.05) is 12.0 Å². The van der Waals surface area contributed by atoms with Gasteiger partial charge in [0.25, 0.3) is 0 Å². The fourth-order valence-corrected chi connectivity index (χ4v) is 2.89. The monoisotopic (exact) mass is 373 g/mol. The molecule has 4 nitrogen and oxygen atoms in total. The summed E-state index contributed by atoms with van der Waals surface area (Å²) in [5, 5.41) is 2.83. The molecule has 1 atom stereocenters. The average molecular weight is 373 g/mol. The zero-order valence-corrected chi connectivity index (χ0v) is 15.8. The summed E-state index contributed by atoms with van der Waals surface area (Å²) >= 11 is 0. The molecule has 0 spiro atoms. The van der Waals surface area contributed by atoms with E-state index in [1.165, 1.54) is 0 Å². The molecule has 142 valence electrons. The molecule has 4 heteroatoms. The zero-order chi connectivity index (χ0) is 19.8. The van der Waals surface area contributed by atoms with Gasteiger partial charge in [-0.2, -0.15) is 0 Å².